The maximum Gasteiger partial charge on any atom is 0.182 e. The van der Waals surface area contributed by atoms with Crippen LogP contribution >= 0.6 is 0 Å². The summed E-state index contributed by atoms with van der Waals surface area (Å²) in [5.74, 6) is -1.13. The number of hydrogen-bond donors (Lipinski definition) is 1. The minimum absolute atomic E-state index is 0.224. The van der Waals surface area contributed by atoms with E-state index in [9.17, 15) is 17.9 Å². The smallest absolute Gasteiger partial charge is 0.182 e. The Balaban J connectivity index is 1.96. The Bertz CT molecular complexity index is 743. The van der Waals surface area contributed by atoms with Crippen molar-refractivity contribution >= 4 is 9.84 Å². The van der Waals surface area contributed by atoms with Gasteiger partial charge in [0.25, 0.3) is 0 Å². The number of halogens is 1. The van der Waals surface area contributed by atoms with E-state index in [4.69, 9.17) is 0 Å². The summed E-state index contributed by atoms with van der Waals surface area (Å²) in [5, 5.41) is 8.74. The molecule has 2 aromatic rings. The van der Waals surface area contributed by atoms with Crippen LogP contribution < -0.4 is 0 Å². The zero-order valence-corrected chi connectivity index (χ0v) is 12.0. The lowest BCUT2D eigenvalue weighted by Crippen LogP contribution is -2.11. The average Bonchev–Trinajstić information content (AvgIpc) is 3.23. The SMILES string of the molecule is O=S(=O)(c1ccccc1)[C@@H]1[C@@H](CO)[C@@H]1c1cccc(F)c1. The molecule has 3 nitrogen and oxygen atoms in total. The highest BCUT2D eigenvalue weighted by atomic mass is 32.2. The Labute approximate surface area is 123 Å². The molecule has 1 fully saturated rings. The highest BCUT2D eigenvalue weighted by molar-refractivity contribution is 7.92. The van der Waals surface area contributed by atoms with Gasteiger partial charge in [0.15, 0.2) is 9.84 Å². The molecule has 1 N–H and O–H groups in total. The predicted octanol–water partition coefficient (Wildman–Crippen LogP) is 2.37. The molecule has 0 aromatic heterocycles. The van der Waals surface area contributed by atoms with E-state index in [2.05, 4.69) is 0 Å². The summed E-state index contributed by atoms with van der Waals surface area (Å²) in [5.41, 5.74) is 0.624. The molecule has 1 aliphatic carbocycles. The molecule has 21 heavy (non-hydrogen) atoms. The first-order chi connectivity index (χ1) is 10.1. The molecule has 3 atom stereocenters. The lowest BCUT2D eigenvalue weighted by atomic mass is 10.1. The van der Waals surface area contributed by atoms with Gasteiger partial charge in [-0.05, 0) is 29.8 Å². The molecule has 2 aromatic carbocycles. The minimum atomic E-state index is -3.52. The van der Waals surface area contributed by atoms with Crippen LogP contribution in [0, 0.1) is 11.7 Å². The van der Waals surface area contributed by atoms with Crippen molar-refractivity contribution < 1.29 is 17.9 Å². The van der Waals surface area contributed by atoms with E-state index in [0.717, 1.165) is 0 Å². The lowest BCUT2D eigenvalue weighted by Gasteiger charge is -2.04. The summed E-state index contributed by atoms with van der Waals surface area (Å²) in [6.45, 7) is -0.224. The van der Waals surface area contributed by atoms with Gasteiger partial charge in [0.1, 0.15) is 5.82 Å². The summed E-state index contributed by atoms with van der Waals surface area (Å²) in [7, 11) is -3.52. The molecule has 3 rings (SSSR count). The van der Waals surface area contributed by atoms with Crippen LogP contribution in [-0.2, 0) is 9.84 Å². The third-order valence-electron chi connectivity index (χ3n) is 3.97. The molecule has 110 valence electrons. The van der Waals surface area contributed by atoms with Crippen molar-refractivity contribution in [3.05, 3.63) is 66.0 Å². The monoisotopic (exact) mass is 306 g/mol. The molecule has 0 radical (unpaired) electrons. The number of sulfone groups is 1. The first kappa shape index (κ1) is 14.2. The predicted molar refractivity (Wildman–Crippen MR) is 77.1 cm³/mol. The highest BCUT2D eigenvalue weighted by Crippen LogP contribution is 2.53. The van der Waals surface area contributed by atoms with Crippen molar-refractivity contribution in [2.24, 2.45) is 5.92 Å². The Morgan fingerprint density at radius 2 is 1.76 bits per heavy atom. The normalized spacial score (nSPS) is 24.8. The fourth-order valence-corrected chi connectivity index (χ4v) is 5.12. The van der Waals surface area contributed by atoms with E-state index in [1.807, 2.05) is 0 Å². The zero-order chi connectivity index (χ0) is 15.0. The van der Waals surface area contributed by atoms with E-state index >= 15 is 0 Å². The third-order valence-corrected chi connectivity index (χ3v) is 6.26. The van der Waals surface area contributed by atoms with E-state index in [1.165, 1.54) is 12.1 Å². The number of aliphatic hydroxyl groups is 1. The van der Waals surface area contributed by atoms with Crippen LogP contribution in [0.2, 0.25) is 0 Å². The number of benzene rings is 2. The largest absolute Gasteiger partial charge is 0.396 e. The van der Waals surface area contributed by atoms with Crippen molar-refractivity contribution in [3.8, 4) is 0 Å². The van der Waals surface area contributed by atoms with Crippen LogP contribution in [0.4, 0.5) is 4.39 Å². The molecule has 0 unspecified atom stereocenters. The maximum atomic E-state index is 13.3. The van der Waals surface area contributed by atoms with Crippen molar-refractivity contribution in [2.75, 3.05) is 6.61 Å². The Hall–Kier alpha value is -1.72. The molecule has 1 aliphatic rings. The Kier molecular flexibility index (Phi) is 3.55. The summed E-state index contributed by atoms with van der Waals surface area (Å²) in [6.07, 6.45) is 0. The van der Waals surface area contributed by atoms with Gasteiger partial charge < -0.3 is 5.11 Å². The van der Waals surface area contributed by atoms with Gasteiger partial charge in [0.2, 0.25) is 0 Å². The fourth-order valence-electron chi connectivity index (χ4n) is 2.90. The molecular weight excluding hydrogens is 291 g/mol. The van der Waals surface area contributed by atoms with Gasteiger partial charge >= 0.3 is 0 Å². The molecule has 0 aliphatic heterocycles. The number of hydrogen-bond acceptors (Lipinski definition) is 3. The highest BCUT2D eigenvalue weighted by Gasteiger charge is 2.58. The molecule has 0 saturated heterocycles. The van der Waals surface area contributed by atoms with Gasteiger partial charge in [-0.3, -0.25) is 0 Å². The standard InChI is InChI=1S/C16H15FO3S/c17-12-6-4-5-11(9-12)15-14(10-18)16(15)21(19,20)13-7-2-1-3-8-13/h1-9,14-16,18H,10H2/t14-,15-,16+/m0/s1. The van der Waals surface area contributed by atoms with E-state index in [-0.39, 0.29) is 23.3 Å². The first-order valence-corrected chi connectivity index (χ1v) is 8.25. The second-order valence-electron chi connectivity index (χ2n) is 5.25. The van der Waals surface area contributed by atoms with Crippen molar-refractivity contribution in [1.82, 2.24) is 0 Å². The summed E-state index contributed by atoms with van der Waals surface area (Å²) in [6, 6.07) is 14.1. The van der Waals surface area contributed by atoms with Gasteiger partial charge in [0.05, 0.1) is 10.1 Å². The zero-order valence-electron chi connectivity index (χ0n) is 11.2. The van der Waals surface area contributed by atoms with Crippen LogP contribution in [0.3, 0.4) is 0 Å². The van der Waals surface area contributed by atoms with Crippen LogP contribution in [0.1, 0.15) is 11.5 Å². The molecule has 1 saturated carbocycles. The minimum Gasteiger partial charge on any atom is -0.396 e. The van der Waals surface area contributed by atoms with Gasteiger partial charge in [-0.1, -0.05) is 30.3 Å². The quantitative estimate of drug-likeness (QED) is 0.943. The van der Waals surface area contributed by atoms with E-state index in [0.29, 0.717) is 5.56 Å². The molecule has 0 spiro atoms. The van der Waals surface area contributed by atoms with Crippen LogP contribution in [0.5, 0.6) is 0 Å². The third kappa shape index (κ3) is 2.47. The van der Waals surface area contributed by atoms with Crippen molar-refractivity contribution in [3.63, 3.8) is 0 Å². The maximum absolute atomic E-state index is 13.3. The lowest BCUT2D eigenvalue weighted by molar-refractivity contribution is 0.274. The topological polar surface area (TPSA) is 54.4 Å². The second-order valence-corrected chi connectivity index (χ2v) is 7.36. The van der Waals surface area contributed by atoms with Crippen molar-refractivity contribution in [1.29, 1.82) is 0 Å². The van der Waals surface area contributed by atoms with Gasteiger partial charge in [-0.2, -0.15) is 0 Å². The second kappa shape index (κ2) is 5.24. The average molecular weight is 306 g/mol. The molecule has 0 amide bonds. The molecule has 5 heteroatoms. The van der Waals surface area contributed by atoms with Gasteiger partial charge in [0, 0.05) is 18.4 Å². The van der Waals surface area contributed by atoms with Crippen LogP contribution in [0.25, 0.3) is 0 Å². The van der Waals surface area contributed by atoms with Crippen molar-refractivity contribution in [2.45, 2.75) is 16.1 Å². The van der Waals surface area contributed by atoms with Gasteiger partial charge in [-0.15, -0.1) is 0 Å². The van der Waals surface area contributed by atoms with Crippen LogP contribution in [0.15, 0.2) is 59.5 Å². The number of aliphatic hydroxyl groups excluding tert-OH is 1. The van der Waals surface area contributed by atoms with E-state index in [1.54, 1.807) is 42.5 Å². The molecule has 0 heterocycles. The molecular formula is C16H15FO3S. The van der Waals surface area contributed by atoms with E-state index < -0.39 is 20.9 Å². The Morgan fingerprint density at radius 3 is 2.38 bits per heavy atom. The van der Waals surface area contributed by atoms with Crippen LogP contribution in [-0.4, -0.2) is 25.4 Å². The summed E-state index contributed by atoms with van der Waals surface area (Å²) < 4.78 is 38.6. The first-order valence-electron chi connectivity index (χ1n) is 6.71. The Morgan fingerprint density at radius 1 is 1.05 bits per heavy atom. The summed E-state index contributed by atoms with van der Waals surface area (Å²) in [4.78, 5) is 0.243. The molecule has 0 bridgehead atoms. The summed E-state index contributed by atoms with van der Waals surface area (Å²) >= 11 is 0. The van der Waals surface area contributed by atoms with Gasteiger partial charge in [-0.25, -0.2) is 12.8 Å². The fraction of sp³-hybridized carbons (Fsp3) is 0.250. The number of rotatable bonds is 4.